The molecule has 0 saturated heterocycles. The molecule has 3 nitrogen and oxygen atoms in total. The summed E-state index contributed by atoms with van der Waals surface area (Å²) in [5, 5.41) is 0. The number of halogens is 17. The molecule has 0 spiro atoms. The van der Waals surface area contributed by atoms with Crippen LogP contribution in [0.5, 0.6) is 0 Å². The molecule has 1 unspecified atom stereocenters. The van der Waals surface area contributed by atoms with E-state index in [0.717, 1.165) is 0 Å². The van der Waals surface area contributed by atoms with Gasteiger partial charge in [-0.1, -0.05) is 0 Å². The molecule has 0 amide bonds. The van der Waals surface area contributed by atoms with Gasteiger partial charge in [0, 0.05) is 0 Å². The van der Waals surface area contributed by atoms with Crippen molar-refractivity contribution in [3.63, 3.8) is 0 Å². The van der Waals surface area contributed by atoms with Crippen molar-refractivity contribution in [2.45, 2.75) is 53.4 Å². The van der Waals surface area contributed by atoms with Gasteiger partial charge in [-0.25, -0.2) is 21.6 Å². The monoisotopic (exact) mass is 520 g/mol. The standard InChI is InChI=1S/C9H3F17O3S.Li/c10-1(11)3(13,14)5(17,18)7(21,22)9(25,26)8(23,24)6(19,20)4(15,16)2(12)30(27,28)29;/h1-2H,(H,27,28,29);/q;+1/p-1. The number of alkyl halides is 17. The smallest absolute Gasteiger partial charge is 0.746 e. The zero-order valence-electron chi connectivity index (χ0n) is 13.7. The van der Waals surface area contributed by atoms with Crippen molar-refractivity contribution in [1.29, 1.82) is 0 Å². The van der Waals surface area contributed by atoms with Gasteiger partial charge in [-0.2, -0.15) is 61.5 Å². The second kappa shape index (κ2) is 8.27. The Bertz CT molecular complexity index is 748. The maximum atomic E-state index is 13.1. The van der Waals surface area contributed by atoms with Crippen LogP contribution in [0.25, 0.3) is 0 Å². The molecule has 0 radical (unpaired) electrons. The van der Waals surface area contributed by atoms with E-state index in [9.17, 15) is 87.6 Å². The van der Waals surface area contributed by atoms with Crippen LogP contribution in [-0.2, 0) is 10.1 Å². The van der Waals surface area contributed by atoms with E-state index in [4.69, 9.17) is 0 Å². The average molecular weight is 520 g/mol. The summed E-state index contributed by atoms with van der Waals surface area (Å²) >= 11 is 0. The molecule has 1 atom stereocenters. The maximum absolute atomic E-state index is 13.1. The van der Waals surface area contributed by atoms with E-state index in [1.165, 1.54) is 0 Å². The summed E-state index contributed by atoms with van der Waals surface area (Å²) in [5.41, 5.74) is -6.07. The first kappa shape index (κ1) is 32.5. The van der Waals surface area contributed by atoms with Crippen LogP contribution in [0.4, 0.5) is 74.6 Å². The molecule has 0 N–H and O–H groups in total. The summed E-state index contributed by atoms with van der Waals surface area (Å²) in [4.78, 5) is 0. The van der Waals surface area contributed by atoms with Crippen LogP contribution in [0.3, 0.4) is 0 Å². The molecule has 31 heavy (non-hydrogen) atoms. The van der Waals surface area contributed by atoms with Crippen LogP contribution in [0.1, 0.15) is 0 Å². The van der Waals surface area contributed by atoms with Crippen molar-refractivity contribution in [3.05, 3.63) is 0 Å². The Labute approximate surface area is 170 Å². The SMILES string of the molecule is O=S(=O)([O-])C(F)C(F)(F)C(F)(F)C(F)(F)C(F)(F)C(F)(F)C(F)(F)C(F)(F)C(F)F.[Li+]. The molecule has 0 fully saturated rings. The van der Waals surface area contributed by atoms with E-state index in [1.807, 2.05) is 0 Å². The van der Waals surface area contributed by atoms with E-state index >= 15 is 0 Å². The Morgan fingerprint density at radius 2 is 0.742 bits per heavy atom. The quantitative estimate of drug-likeness (QED) is 0.264. The predicted octanol–water partition coefficient (Wildman–Crippen LogP) is 1.54. The van der Waals surface area contributed by atoms with Gasteiger partial charge in [0.2, 0.25) is 0 Å². The summed E-state index contributed by atoms with van der Waals surface area (Å²) in [5.74, 6) is -58.5. The predicted molar refractivity (Wildman–Crippen MR) is 55.2 cm³/mol. The first-order valence-electron chi connectivity index (χ1n) is 6.11. The Hall–Kier alpha value is -0.683. The van der Waals surface area contributed by atoms with E-state index in [0.29, 0.717) is 0 Å². The third-order valence-corrected chi connectivity index (χ3v) is 4.03. The minimum absolute atomic E-state index is 0. The second-order valence-electron chi connectivity index (χ2n) is 5.23. The zero-order chi connectivity index (χ0) is 25.2. The molecule has 182 valence electrons. The van der Waals surface area contributed by atoms with Gasteiger partial charge in [0.1, 0.15) is 10.1 Å². The summed E-state index contributed by atoms with van der Waals surface area (Å²) in [6.45, 7) is 0. The van der Waals surface area contributed by atoms with Crippen molar-refractivity contribution in [3.8, 4) is 0 Å². The molecule has 0 aliphatic heterocycles. The molecule has 0 aromatic heterocycles. The van der Waals surface area contributed by atoms with Crippen molar-refractivity contribution in [1.82, 2.24) is 0 Å². The summed E-state index contributed by atoms with van der Waals surface area (Å²) in [6, 6.07) is 0. The van der Waals surface area contributed by atoms with Gasteiger partial charge in [-0.05, 0) is 0 Å². The van der Waals surface area contributed by atoms with Gasteiger partial charge in [-0.3, -0.25) is 0 Å². The fourth-order valence-corrected chi connectivity index (χ4v) is 1.98. The van der Waals surface area contributed by atoms with Gasteiger partial charge in [-0.15, -0.1) is 0 Å². The average Bonchev–Trinajstić information content (AvgIpc) is 2.51. The van der Waals surface area contributed by atoms with E-state index < -0.39 is 63.5 Å². The van der Waals surface area contributed by atoms with Crippen molar-refractivity contribution < 1.29 is 106 Å². The van der Waals surface area contributed by atoms with Crippen LogP contribution in [0, 0.1) is 0 Å². The van der Waals surface area contributed by atoms with Gasteiger partial charge in [0.15, 0.2) is 0 Å². The van der Waals surface area contributed by atoms with Gasteiger partial charge in [0.25, 0.3) is 5.50 Å². The third-order valence-electron chi connectivity index (χ3n) is 3.23. The van der Waals surface area contributed by atoms with Crippen molar-refractivity contribution in [2.24, 2.45) is 0 Å². The Balaban J connectivity index is 0. The third kappa shape index (κ3) is 4.30. The van der Waals surface area contributed by atoms with Crippen LogP contribution >= 0.6 is 0 Å². The van der Waals surface area contributed by atoms with Crippen LogP contribution < -0.4 is 18.9 Å². The number of hydrogen-bond acceptors (Lipinski definition) is 3. The molecule has 0 heterocycles. The molecule has 0 bridgehead atoms. The largest absolute Gasteiger partial charge is 1.00 e. The Morgan fingerprint density at radius 1 is 0.516 bits per heavy atom. The topological polar surface area (TPSA) is 57.2 Å². The van der Waals surface area contributed by atoms with E-state index in [2.05, 4.69) is 0 Å². The summed E-state index contributed by atoms with van der Waals surface area (Å²) in [6.07, 6.45) is -6.02. The summed E-state index contributed by atoms with van der Waals surface area (Å²) < 4.78 is 247. The zero-order valence-corrected chi connectivity index (χ0v) is 14.5. The van der Waals surface area contributed by atoms with Crippen molar-refractivity contribution in [2.75, 3.05) is 0 Å². The molecular formula is C9H2F17LiO3S. The normalized spacial score (nSPS) is 16.9. The van der Waals surface area contributed by atoms with Crippen LogP contribution in [0.2, 0.25) is 0 Å². The number of rotatable bonds is 9. The Morgan fingerprint density at radius 3 is 0.968 bits per heavy atom. The molecule has 0 aliphatic carbocycles. The van der Waals surface area contributed by atoms with Gasteiger partial charge in [0.05, 0.1) is 0 Å². The van der Waals surface area contributed by atoms with E-state index in [-0.39, 0.29) is 18.9 Å². The first-order valence-corrected chi connectivity index (χ1v) is 7.58. The molecule has 0 aliphatic rings. The second-order valence-corrected chi connectivity index (χ2v) is 6.63. The minimum atomic E-state index is -8.80. The molecule has 22 heteroatoms. The fraction of sp³-hybridized carbons (Fsp3) is 1.00. The molecule has 0 aromatic carbocycles. The number of hydrogen-bond donors (Lipinski definition) is 0. The molecule has 0 aromatic rings. The molecular weight excluding hydrogens is 518 g/mol. The van der Waals surface area contributed by atoms with Crippen LogP contribution in [0.15, 0.2) is 0 Å². The van der Waals surface area contributed by atoms with Gasteiger partial charge >= 0.3 is 66.7 Å². The van der Waals surface area contributed by atoms with Crippen molar-refractivity contribution >= 4 is 10.1 Å². The minimum Gasteiger partial charge on any atom is -0.746 e. The maximum Gasteiger partial charge on any atom is 1.00 e. The van der Waals surface area contributed by atoms with E-state index in [1.54, 1.807) is 0 Å². The fourth-order valence-electron chi connectivity index (χ4n) is 1.47. The molecule has 0 saturated carbocycles. The Kier molecular flexibility index (Phi) is 8.67. The molecule has 0 rings (SSSR count). The summed E-state index contributed by atoms with van der Waals surface area (Å²) in [7, 11) is -7.43. The van der Waals surface area contributed by atoms with Crippen LogP contribution in [-0.4, -0.2) is 66.4 Å². The van der Waals surface area contributed by atoms with Gasteiger partial charge < -0.3 is 4.55 Å². The first-order chi connectivity index (χ1) is 12.6.